The normalized spacial score (nSPS) is 14.2. The summed E-state index contributed by atoms with van der Waals surface area (Å²) in [6.45, 7) is 6.01. The Morgan fingerprint density at radius 3 is 2.81 bits per heavy atom. The fourth-order valence-corrected chi connectivity index (χ4v) is 5.41. The molecule has 0 saturated heterocycles. The monoisotopic (exact) mass is 604 g/mol. The summed E-state index contributed by atoms with van der Waals surface area (Å²) in [5.41, 5.74) is 3.13. The second kappa shape index (κ2) is 10.0. The highest BCUT2D eigenvalue weighted by Gasteiger charge is 2.20. The summed E-state index contributed by atoms with van der Waals surface area (Å²) < 4.78 is 32.3. The Kier molecular flexibility index (Phi) is 6.79. The quantitative estimate of drug-likeness (QED) is 0.140. The fourth-order valence-electron chi connectivity index (χ4n) is 4.35. The number of nitrogens with one attached hydrogen (secondary N) is 1. The van der Waals surface area contributed by atoms with Gasteiger partial charge in [-0.05, 0) is 60.2 Å². The summed E-state index contributed by atoms with van der Waals surface area (Å²) in [5, 5.41) is 14.7. The first kappa shape index (κ1) is 24.4. The van der Waals surface area contributed by atoms with Gasteiger partial charge in [-0.2, -0.15) is 0 Å². The maximum atomic E-state index is 14.9. The molecule has 0 unspecified atom stereocenters. The van der Waals surface area contributed by atoms with Crippen LogP contribution in [0.25, 0.3) is 22.3 Å². The standard InChI is InChI=1S/C24H23F2IN8O/c1-13(2)35-19-10-15(9-16(25)22(19)32-23(35)27)21-17(26)11-28-24(33-21)31-20-4-3-14-12-34(8-6-29-36)7-5-18(14)30-20/h3-4,6,9-11,13,36H,5,7-8,12H2,1-2H3,(H,28,30,31,33)/b29-6+. The van der Waals surface area contributed by atoms with Crippen LogP contribution >= 0.6 is 22.6 Å². The van der Waals surface area contributed by atoms with E-state index in [2.05, 4.69) is 57.9 Å². The molecule has 1 aliphatic rings. The van der Waals surface area contributed by atoms with E-state index in [4.69, 9.17) is 5.21 Å². The van der Waals surface area contributed by atoms with Gasteiger partial charge in [0.25, 0.3) is 0 Å². The molecular formula is C24H23F2IN8O. The van der Waals surface area contributed by atoms with Crippen molar-refractivity contribution in [1.82, 2.24) is 29.4 Å². The lowest BCUT2D eigenvalue weighted by atomic mass is 10.1. The second-order valence-corrected chi connectivity index (χ2v) is 9.74. The lowest BCUT2D eigenvalue weighted by Gasteiger charge is -2.26. The first-order valence-corrected chi connectivity index (χ1v) is 12.5. The Labute approximate surface area is 219 Å². The lowest BCUT2D eigenvalue weighted by molar-refractivity contribution is 0.280. The van der Waals surface area contributed by atoms with E-state index in [1.165, 1.54) is 12.3 Å². The molecule has 0 bridgehead atoms. The van der Waals surface area contributed by atoms with Gasteiger partial charge in [-0.15, -0.1) is 5.16 Å². The summed E-state index contributed by atoms with van der Waals surface area (Å²) in [6.07, 6.45) is 3.26. The zero-order chi connectivity index (χ0) is 25.4. The van der Waals surface area contributed by atoms with E-state index < -0.39 is 11.6 Å². The third-order valence-corrected chi connectivity index (χ3v) is 6.79. The molecule has 1 aromatic carbocycles. The van der Waals surface area contributed by atoms with Crippen molar-refractivity contribution in [3.05, 3.63) is 57.2 Å². The first-order chi connectivity index (χ1) is 17.3. The molecule has 9 nitrogen and oxygen atoms in total. The van der Waals surface area contributed by atoms with Gasteiger partial charge in [0, 0.05) is 43.4 Å². The zero-order valence-corrected chi connectivity index (χ0v) is 21.7. The number of benzene rings is 1. The van der Waals surface area contributed by atoms with Crippen molar-refractivity contribution >= 4 is 51.6 Å². The van der Waals surface area contributed by atoms with E-state index in [0.717, 1.165) is 30.4 Å². The Morgan fingerprint density at radius 1 is 1.19 bits per heavy atom. The predicted octanol–water partition coefficient (Wildman–Crippen LogP) is 4.91. The molecule has 0 atom stereocenters. The molecule has 36 heavy (non-hydrogen) atoms. The van der Waals surface area contributed by atoms with Crippen LogP contribution in [0.15, 0.2) is 35.6 Å². The Hall–Kier alpha value is -3.26. The zero-order valence-electron chi connectivity index (χ0n) is 19.6. The van der Waals surface area contributed by atoms with Crippen LogP contribution in [0.3, 0.4) is 0 Å². The predicted molar refractivity (Wildman–Crippen MR) is 141 cm³/mol. The van der Waals surface area contributed by atoms with Crippen molar-refractivity contribution < 1.29 is 14.0 Å². The minimum absolute atomic E-state index is 0.0148. The number of oxime groups is 1. The van der Waals surface area contributed by atoms with Crippen LogP contribution in [0.1, 0.15) is 31.1 Å². The molecule has 4 heterocycles. The van der Waals surface area contributed by atoms with E-state index in [-0.39, 0.29) is 23.2 Å². The fraction of sp³-hybridized carbons (Fsp3) is 0.292. The number of imidazole rings is 1. The number of rotatable bonds is 6. The van der Waals surface area contributed by atoms with Crippen LogP contribution in [0.5, 0.6) is 0 Å². The van der Waals surface area contributed by atoms with Gasteiger partial charge in [0.15, 0.2) is 15.5 Å². The number of pyridine rings is 1. The molecule has 0 saturated carbocycles. The topological polar surface area (TPSA) is 104 Å². The highest BCUT2D eigenvalue weighted by Crippen LogP contribution is 2.31. The van der Waals surface area contributed by atoms with E-state index >= 15 is 0 Å². The number of halogens is 3. The van der Waals surface area contributed by atoms with Gasteiger partial charge in [-0.1, -0.05) is 6.07 Å². The summed E-state index contributed by atoms with van der Waals surface area (Å²) in [7, 11) is 0. The highest BCUT2D eigenvalue weighted by atomic mass is 127. The molecule has 186 valence electrons. The van der Waals surface area contributed by atoms with E-state index in [9.17, 15) is 8.78 Å². The molecule has 0 aliphatic carbocycles. The van der Waals surface area contributed by atoms with Crippen LogP contribution in [-0.4, -0.2) is 53.9 Å². The highest BCUT2D eigenvalue weighted by molar-refractivity contribution is 14.1. The van der Waals surface area contributed by atoms with Crippen LogP contribution in [0.4, 0.5) is 20.5 Å². The number of hydrogen-bond donors (Lipinski definition) is 2. The van der Waals surface area contributed by atoms with Gasteiger partial charge in [0.05, 0.1) is 17.9 Å². The molecule has 0 fully saturated rings. The number of hydrogen-bond acceptors (Lipinski definition) is 8. The molecule has 2 N–H and O–H groups in total. The molecule has 1 aliphatic heterocycles. The van der Waals surface area contributed by atoms with Crippen molar-refractivity contribution in [3.8, 4) is 11.3 Å². The smallest absolute Gasteiger partial charge is 0.229 e. The van der Waals surface area contributed by atoms with Crippen LogP contribution in [0.2, 0.25) is 0 Å². The van der Waals surface area contributed by atoms with Crippen molar-refractivity contribution in [2.75, 3.05) is 18.4 Å². The summed E-state index contributed by atoms with van der Waals surface area (Å²) in [5.74, 6) is -0.508. The second-order valence-electron chi connectivity index (χ2n) is 8.77. The van der Waals surface area contributed by atoms with Gasteiger partial charge in [-0.25, -0.2) is 28.7 Å². The maximum Gasteiger partial charge on any atom is 0.229 e. The number of aromatic nitrogens is 5. The van der Waals surface area contributed by atoms with Crippen LogP contribution in [-0.2, 0) is 13.0 Å². The van der Waals surface area contributed by atoms with Gasteiger partial charge in [0.1, 0.15) is 17.0 Å². The molecule has 0 radical (unpaired) electrons. The average Bonchev–Trinajstić information content (AvgIpc) is 3.20. The maximum absolute atomic E-state index is 14.9. The molecule has 3 aromatic heterocycles. The van der Waals surface area contributed by atoms with Crippen molar-refractivity contribution in [2.45, 2.75) is 32.9 Å². The van der Waals surface area contributed by atoms with Gasteiger partial charge >= 0.3 is 0 Å². The Morgan fingerprint density at radius 2 is 2.03 bits per heavy atom. The summed E-state index contributed by atoms with van der Waals surface area (Å²) in [4.78, 5) is 19.5. The van der Waals surface area contributed by atoms with E-state index in [0.29, 0.717) is 33.8 Å². The number of anilines is 2. The molecule has 5 rings (SSSR count). The lowest BCUT2D eigenvalue weighted by Crippen LogP contribution is -2.32. The molecule has 4 aromatic rings. The van der Waals surface area contributed by atoms with Gasteiger partial charge in [0.2, 0.25) is 5.95 Å². The molecule has 0 spiro atoms. The molecule has 0 amide bonds. The van der Waals surface area contributed by atoms with Crippen LogP contribution < -0.4 is 5.32 Å². The summed E-state index contributed by atoms with van der Waals surface area (Å²) in [6, 6.07) is 6.77. The van der Waals surface area contributed by atoms with Crippen LogP contribution in [0, 0.1) is 15.5 Å². The van der Waals surface area contributed by atoms with Crippen molar-refractivity contribution in [3.63, 3.8) is 0 Å². The van der Waals surface area contributed by atoms with Crippen molar-refractivity contribution in [1.29, 1.82) is 0 Å². The third kappa shape index (κ3) is 4.74. The average molecular weight is 604 g/mol. The van der Waals surface area contributed by atoms with E-state index in [1.807, 2.05) is 30.5 Å². The summed E-state index contributed by atoms with van der Waals surface area (Å²) >= 11 is 2.07. The Balaban J connectivity index is 1.44. The largest absolute Gasteiger partial charge is 0.411 e. The van der Waals surface area contributed by atoms with Gasteiger partial charge < -0.3 is 15.1 Å². The first-order valence-electron chi connectivity index (χ1n) is 11.4. The molecular weight excluding hydrogens is 581 g/mol. The SMILES string of the molecule is CC(C)n1c(I)nc2c(F)cc(-c3nc(Nc4ccc5c(n4)CCN(C/C=N/O)C5)ncc3F)cc21. The number of fused-ring (bicyclic) bond motifs is 2. The number of nitrogens with zero attached hydrogens (tertiary/aromatic N) is 7. The third-order valence-electron chi connectivity index (χ3n) is 6.03. The van der Waals surface area contributed by atoms with E-state index in [1.54, 1.807) is 6.07 Å². The van der Waals surface area contributed by atoms with Crippen molar-refractivity contribution in [2.24, 2.45) is 5.16 Å². The minimum Gasteiger partial charge on any atom is -0.411 e. The molecule has 12 heteroatoms. The van der Waals surface area contributed by atoms with Gasteiger partial charge in [-0.3, -0.25) is 4.90 Å². The minimum atomic E-state index is -0.658. The Bertz CT molecular complexity index is 1470.